The maximum absolute atomic E-state index is 12.8. The molecule has 16 nitrogen and oxygen atoms in total. The van der Waals surface area contributed by atoms with E-state index in [0.29, 0.717) is 42.8 Å². The third-order valence-corrected chi connectivity index (χ3v) is 7.91. The number of carbonyl (C=O) groups is 4. The molecule has 12 N–H and O–H groups in total. The van der Waals surface area contributed by atoms with Crippen LogP contribution >= 0.6 is 31.9 Å². The number of aromatic amines is 2. The molecular formula is C26H26Br2F6N10O6. The minimum absolute atomic E-state index is 0.0484. The largest absolute Gasteiger partial charge is 0.542 e. The second kappa shape index (κ2) is 16.4. The van der Waals surface area contributed by atoms with Crippen molar-refractivity contribution in [3.05, 3.63) is 68.2 Å². The molecule has 0 aromatic carbocycles. The third-order valence-electron chi connectivity index (χ3n) is 7.00. The predicted molar refractivity (Wildman–Crippen MR) is 161 cm³/mol. The summed E-state index contributed by atoms with van der Waals surface area (Å²) >= 11 is 6.71. The Morgan fingerprint density at radius 2 is 1.34 bits per heavy atom. The number of allylic oxidation sites excluding steroid dienone is 1. The van der Waals surface area contributed by atoms with Crippen LogP contribution in [0, 0.1) is 17.8 Å². The Hall–Kier alpha value is -4.68. The highest BCUT2D eigenvalue weighted by Crippen LogP contribution is 2.41. The number of carboxylic acid groups (broad SMARTS) is 2. The lowest BCUT2D eigenvalue weighted by molar-refractivity contribution is -0.492. The monoisotopic (exact) mass is 846 g/mol. The van der Waals surface area contributed by atoms with Gasteiger partial charge in [-0.1, -0.05) is 0 Å². The van der Waals surface area contributed by atoms with E-state index < -0.39 is 24.3 Å². The minimum Gasteiger partial charge on any atom is -0.542 e. The topological polar surface area (TPSA) is 280 Å². The van der Waals surface area contributed by atoms with E-state index in [0.717, 1.165) is 26.0 Å². The van der Waals surface area contributed by atoms with Crippen LogP contribution in [0.15, 0.2) is 66.7 Å². The van der Waals surface area contributed by atoms with Gasteiger partial charge in [-0.3, -0.25) is 20.2 Å². The molecule has 272 valence electrons. The fourth-order valence-corrected chi connectivity index (χ4v) is 5.59. The molecule has 1 aliphatic carbocycles. The number of halogens is 8. The fourth-order valence-electron chi connectivity index (χ4n) is 4.91. The molecule has 3 atom stereocenters. The predicted octanol–water partition coefficient (Wildman–Crippen LogP) is -2.29. The number of carboxylic acids is 2. The summed E-state index contributed by atoms with van der Waals surface area (Å²) in [5, 5.41) is 27.3. The molecule has 2 amide bonds. The van der Waals surface area contributed by atoms with Crippen LogP contribution < -0.4 is 42.9 Å². The molecule has 4 heterocycles. The molecule has 50 heavy (non-hydrogen) atoms. The van der Waals surface area contributed by atoms with Gasteiger partial charge < -0.3 is 51.9 Å². The molecule has 0 spiro atoms. The summed E-state index contributed by atoms with van der Waals surface area (Å²) in [5.41, 5.74) is 15.6. The van der Waals surface area contributed by atoms with E-state index in [9.17, 15) is 35.9 Å². The van der Waals surface area contributed by atoms with Crippen LogP contribution in [-0.4, -0.2) is 71.1 Å². The summed E-state index contributed by atoms with van der Waals surface area (Å²) in [6.45, 7) is 0.731. The van der Waals surface area contributed by atoms with Crippen LogP contribution in [0.5, 0.6) is 0 Å². The summed E-state index contributed by atoms with van der Waals surface area (Å²) in [4.78, 5) is 58.2. The van der Waals surface area contributed by atoms with Crippen molar-refractivity contribution in [2.24, 2.45) is 39.2 Å². The van der Waals surface area contributed by atoms with Crippen LogP contribution in [-0.2, 0) is 9.59 Å². The molecular weight excluding hydrogens is 822 g/mol. The molecule has 3 aliphatic rings. The minimum atomic E-state index is -5.19. The first-order valence-corrected chi connectivity index (χ1v) is 15.4. The van der Waals surface area contributed by atoms with E-state index in [1.165, 1.54) is 0 Å². The van der Waals surface area contributed by atoms with E-state index >= 15 is 0 Å². The Bertz CT molecular complexity index is 1730. The number of carbonyl (C=O) groups excluding carboxylic acids is 4. The number of nitrogens with two attached hydrogens (primary N) is 4. The number of H-pyrrole nitrogens is 2. The second-order valence-electron chi connectivity index (χ2n) is 10.4. The van der Waals surface area contributed by atoms with E-state index in [1.54, 1.807) is 29.8 Å². The number of aliphatic imine (C=N–C) groups is 2. The van der Waals surface area contributed by atoms with Crippen molar-refractivity contribution in [3.63, 3.8) is 0 Å². The van der Waals surface area contributed by atoms with Gasteiger partial charge in [0.15, 0.2) is 0 Å². The van der Waals surface area contributed by atoms with Gasteiger partial charge in [-0.2, -0.15) is 36.3 Å². The summed E-state index contributed by atoms with van der Waals surface area (Å²) in [6, 6.07) is 3.44. The second-order valence-corrected chi connectivity index (χ2v) is 12.3. The number of hydrogen-bond acceptors (Lipinski definition) is 10. The van der Waals surface area contributed by atoms with Crippen molar-refractivity contribution in [1.82, 2.24) is 20.6 Å². The molecule has 0 saturated heterocycles. The number of quaternary nitrogens is 2. The zero-order valence-electron chi connectivity index (χ0n) is 24.9. The van der Waals surface area contributed by atoms with Gasteiger partial charge in [0.2, 0.25) is 0 Å². The smallest absolute Gasteiger partial charge is 0.430 e. The van der Waals surface area contributed by atoms with Crippen LogP contribution in [0.4, 0.5) is 26.3 Å². The van der Waals surface area contributed by atoms with Crippen LogP contribution in [0.25, 0.3) is 0 Å². The summed E-state index contributed by atoms with van der Waals surface area (Å²) < 4.78 is 64.7. The van der Waals surface area contributed by atoms with E-state index in [2.05, 4.69) is 62.4 Å². The number of rotatable bonds is 7. The highest BCUT2D eigenvalue weighted by atomic mass is 79.9. The number of alkyl halides is 6. The van der Waals surface area contributed by atoms with Crippen molar-refractivity contribution in [1.29, 1.82) is 0 Å². The molecule has 0 bridgehead atoms. The van der Waals surface area contributed by atoms with Crippen molar-refractivity contribution >= 4 is 67.5 Å². The standard InChI is InChI=1S/C22H24Br2N10O2.2C2HF3O2/c23-10-2-14(27-5-10)19(35)29-4-9-1-13-18(34-22(26)32-13)17(16-8-31-21(25)33-16)12(9)7-30-20(36)15-3-11(24)6-28-15;2*3-2(4,5)1(6)7/h2-3,5-6,8-9,12,17,27-28H,1,4,7H2,(H,29,35)(H,30,36)(H3,25,31,33)(H3,26,32,34);2*(H,6,7)/t9-,12-,17-;;/m1../s1. The average Bonchev–Trinajstić information content (AvgIpc) is 3.81. The molecule has 5 rings (SSSR count). The molecule has 0 unspecified atom stereocenters. The Kier molecular flexibility index (Phi) is 13.0. The maximum Gasteiger partial charge on any atom is 0.430 e. The van der Waals surface area contributed by atoms with Crippen LogP contribution in [0.1, 0.15) is 27.4 Å². The summed E-state index contributed by atoms with van der Waals surface area (Å²) in [6.07, 6.45) is -4.49. The Balaban J connectivity index is 0.000000408. The molecule has 2 aliphatic heterocycles. The highest BCUT2D eigenvalue weighted by Gasteiger charge is 2.47. The Morgan fingerprint density at radius 1 is 0.860 bits per heavy atom. The molecule has 0 fully saturated rings. The molecule has 2 aromatic rings. The van der Waals surface area contributed by atoms with Crippen LogP contribution in [0.2, 0.25) is 0 Å². The zero-order chi connectivity index (χ0) is 37.6. The van der Waals surface area contributed by atoms with Gasteiger partial charge in [-0.15, -0.1) is 0 Å². The number of nitrogens with zero attached hydrogens (tertiary/aromatic N) is 2. The number of guanidine groups is 2. The summed E-state index contributed by atoms with van der Waals surface area (Å²) in [7, 11) is 0. The fraction of sp³-hybridized carbons (Fsp3) is 0.308. The average molecular weight is 848 g/mol. The van der Waals surface area contributed by atoms with Gasteiger partial charge >= 0.3 is 24.3 Å². The van der Waals surface area contributed by atoms with E-state index in [1.807, 2.05) is 11.5 Å². The molecule has 24 heteroatoms. The SMILES string of the molecule is NC1=NC([C@@H]2C3=C(C[C@H](CNC(=O)c4cc(Br)c[nH]4)[C@H]2CNC(=O)c2cc(Br)c[nH]2)N=C(N)[NH2+]3)=C[NH2+]1.O=C([O-])C(F)(F)F.O=C([O-])C(F)(F)F. The van der Waals surface area contributed by atoms with E-state index in [4.69, 9.17) is 31.3 Å². The normalized spacial score (nSPS) is 19.8. The summed E-state index contributed by atoms with van der Waals surface area (Å²) in [5.74, 6) is -5.95. The molecule has 0 radical (unpaired) electrons. The first-order chi connectivity index (χ1) is 23.2. The quantitative estimate of drug-likeness (QED) is 0.140. The van der Waals surface area contributed by atoms with Gasteiger partial charge in [0.05, 0.1) is 5.92 Å². The molecule has 2 aromatic heterocycles. The van der Waals surface area contributed by atoms with Crippen molar-refractivity contribution < 1.29 is 66.4 Å². The number of aliphatic carboxylic acids is 2. The lowest BCUT2D eigenvalue weighted by atomic mass is 9.71. The number of amides is 2. The van der Waals surface area contributed by atoms with Crippen molar-refractivity contribution in [2.45, 2.75) is 18.8 Å². The number of aromatic nitrogens is 2. The van der Waals surface area contributed by atoms with Crippen molar-refractivity contribution in [2.75, 3.05) is 13.1 Å². The molecule has 0 saturated carbocycles. The van der Waals surface area contributed by atoms with Gasteiger partial charge in [0.1, 0.15) is 46.6 Å². The maximum atomic E-state index is 12.8. The number of nitrogens with one attached hydrogen (secondary N) is 4. The zero-order valence-corrected chi connectivity index (χ0v) is 28.1. The first kappa shape index (κ1) is 39.8. The van der Waals surface area contributed by atoms with Gasteiger partial charge in [-0.25, -0.2) is 0 Å². The Labute approximate surface area is 293 Å². The van der Waals surface area contributed by atoms with Gasteiger partial charge in [-0.05, 0) is 55.8 Å². The lowest BCUT2D eigenvalue weighted by Crippen LogP contribution is -2.88. The number of hydrogen-bond donors (Lipinski definition) is 8. The van der Waals surface area contributed by atoms with Gasteiger partial charge in [0, 0.05) is 40.8 Å². The Morgan fingerprint density at radius 3 is 1.74 bits per heavy atom. The lowest BCUT2D eigenvalue weighted by Gasteiger charge is -2.36. The van der Waals surface area contributed by atoms with E-state index in [-0.39, 0.29) is 29.6 Å². The van der Waals surface area contributed by atoms with Gasteiger partial charge in [0.25, 0.3) is 11.8 Å². The van der Waals surface area contributed by atoms with Crippen LogP contribution in [0.3, 0.4) is 0 Å². The van der Waals surface area contributed by atoms with Crippen molar-refractivity contribution in [3.8, 4) is 0 Å². The first-order valence-electron chi connectivity index (χ1n) is 13.8. The highest BCUT2D eigenvalue weighted by molar-refractivity contribution is 9.10. The third kappa shape index (κ3) is 10.9.